The summed E-state index contributed by atoms with van der Waals surface area (Å²) in [4.78, 5) is 11.8. The van der Waals surface area contributed by atoms with Gasteiger partial charge in [-0.05, 0) is 85.0 Å². The van der Waals surface area contributed by atoms with E-state index < -0.39 is 27.4 Å². The number of hydrogen-bond acceptors (Lipinski definition) is 5. The predicted octanol–water partition coefficient (Wildman–Crippen LogP) is 5.79. The fraction of sp³-hybridized carbons (Fsp3) is 0.345. The summed E-state index contributed by atoms with van der Waals surface area (Å²) >= 11 is 0. The topological polar surface area (TPSA) is 72.9 Å². The molecule has 8 heteroatoms. The van der Waals surface area contributed by atoms with Gasteiger partial charge in [-0.15, -0.1) is 0 Å². The van der Waals surface area contributed by atoms with E-state index in [1.165, 1.54) is 22.5 Å². The quantitative estimate of drug-likeness (QED) is 0.365. The van der Waals surface area contributed by atoms with E-state index in [2.05, 4.69) is 0 Å². The van der Waals surface area contributed by atoms with Crippen LogP contribution in [-0.2, 0) is 25.0 Å². The van der Waals surface area contributed by atoms with E-state index in [9.17, 15) is 17.6 Å². The predicted molar refractivity (Wildman–Crippen MR) is 140 cm³/mol. The molecule has 0 N–H and O–H groups in total. The molecule has 0 saturated carbocycles. The third-order valence-electron chi connectivity index (χ3n) is 6.80. The fourth-order valence-corrected chi connectivity index (χ4v) is 6.68. The normalized spacial score (nSPS) is 17.2. The van der Waals surface area contributed by atoms with Crippen molar-refractivity contribution in [2.45, 2.75) is 51.0 Å². The summed E-state index contributed by atoms with van der Waals surface area (Å²) in [5, 5.41) is 0. The van der Waals surface area contributed by atoms with Gasteiger partial charge >= 0.3 is 5.97 Å². The molecule has 3 aromatic carbocycles. The van der Waals surface area contributed by atoms with Crippen molar-refractivity contribution < 1.29 is 27.1 Å². The van der Waals surface area contributed by atoms with E-state index in [1.807, 2.05) is 39.0 Å². The minimum Gasteiger partial charge on any atom is -0.482 e. The molecule has 0 bridgehead atoms. The Hall–Kier alpha value is -3.23. The van der Waals surface area contributed by atoms with Crippen molar-refractivity contribution in [1.82, 2.24) is 4.31 Å². The number of carbonyl (C=O) groups is 1. The molecule has 0 aliphatic carbocycles. The van der Waals surface area contributed by atoms with Crippen molar-refractivity contribution >= 4 is 16.0 Å². The van der Waals surface area contributed by atoms with Gasteiger partial charge < -0.3 is 9.47 Å². The Morgan fingerprint density at radius 2 is 1.73 bits per heavy atom. The van der Waals surface area contributed by atoms with E-state index in [-0.39, 0.29) is 23.9 Å². The molecule has 37 heavy (non-hydrogen) atoms. The highest BCUT2D eigenvalue weighted by atomic mass is 32.2. The third kappa shape index (κ3) is 5.40. The summed E-state index contributed by atoms with van der Waals surface area (Å²) < 4.78 is 53.1. The van der Waals surface area contributed by atoms with Crippen molar-refractivity contribution in [3.8, 4) is 16.9 Å². The first-order valence-corrected chi connectivity index (χ1v) is 13.7. The van der Waals surface area contributed by atoms with Crippen LogP contribution in [-0.4, -0.2) is 38.5 Å². The van der Waals surface area contributed by atoms with Gasteiger partial charge in [-0.25, -0.2) is 17.6 Å². The van der Waals surface area contributed by atoms with Crippen LogP contribution in [0.25, 0.3) is 11.1 Å². The van der Waals surface area contributed by atoms with E-state index >= 15 is 0 Å². The van der Waals surface area contributed by atoms with Gasteiger partial charge in [-0.3, -0.25) is 0 Å². The molecule has 1 aliphatic rings. The number of carbonyl (C=O) groups excluding carboxylic acids is 1. The van der Waals surface area contributed by atoms with Gasteiger partial charge in [0, 0.05) is 18.0 Å². The van der Waals surface area contributed by atoms with Gasteiger partial charge in [0.2, 0.25) is 10.0 Å². The summed E-state index contributed by atoms with van der Waals surface area (Å²) in [6.45, 7) is 9.76. The molecule has 0 fully saturated rings. The van der Waals surface area contributed by atoms with Crippen LogP contribution >= 0.6 is 0 Å². The lowest BCUT2D eigenvalue weighted by Crippen LogP contribution is -2.47. The second kappa shape index (κ2) is 10.3. The van der Waals surface area contributed by atoms with Gasteiger partial charge in [0.1, 0.15) is 11.6 Å². The molecule has 1 unspecified atom stereocenters. The van der Waals surface area contributed by atoms with Gasteiger partial charge in [-0.2, -0.15) is 4.31 Å². The number of aryl methyl sites for hydroxylation is 1. The molecule has 1 atom stereocenters. The number of fused-ring (bicyclic) bond motifs is 1. The second-order valence-corrected chi connectivity index (χ2v) is 11.8. The third-order valence-corrected chi connectivity index (χ3v) is 8.71. The van der Waals surface area contributed by atoms with E-state index in [4.69, 9.17) is 9.47 Å². The highest BCUT2D eigenvalue weighted by Gasteiger charge is 2.42. The van der Waals surface area contributed by atoms with Crippen LogP contribution in [0.5, 0.6) is 5.75 Å². The van der Waals surface area contributed by atoms with Crippen molar-refractivity contribution in [1.29, 1.82) is 0 Å². The molecule has 196 valence electrons. The first kappa shape index (κ1) is 26.8. The Kier molecular flexibility index (Phi) is 7.44. The number of benzene rings is 3. The van der Waals surface area contributed by atoms with Gasteiger partial charge in [0.15, 0.2) is 6.61 Å². The molecule has 6 nitrogen and oxygen atoms in total. The zero-order chi connectivity index (χ0) is 27.0. The number of nitrogens with zero attached hydrogens (tertiary/aromatic N) is 1. The van der Waals surface area contributed by atoms with Crippen molar-refractivity contribution in [3.05, 3.63) is 83.2 Å². The Bertz CT molecular complexity index is 1420. The molecular weight excluding hydrogens is 493 g/mol. The monoisotopic (exact) mass is 525 g/mol. The number of halogens is 1. The molecule has 1 aliphatic heterocycles. The van der Waals surface area contributed by atoms with E-state index in [0.717, 1.165) is 22.3 Å². The van der Waals surface area contributed by atoms with E-state index in [1.54, 1.807) is 38.1 Å². The smallest absolute Gasteiger partial charge is 0.344 e. The maximum absolute atomic E-state index is 13.9. The van der Waals surface area contributed by atoms with Crippen LogP contribution in [0.3, 0.4) is 0 Å². The molecule has 0 amide bonds. The largest absolute Gasteiger partial charge is 0.482 e. The Morgan fingerprint density at radius 1 is 1.05 bits per heavy atom. The summed E-state index contributed by atoms with van der Waals surface area (Å²) in [7, 11) is -3.85. The summed E-state index contributed by atoms with van der Waals surface area (Å²) in [5.74, 6) is -0.365. The Morgan fingerprint density at radius 3 is 2.38 bits per heavy atom. The summed E-state index contributed by atoms with van der Waals surface area (Å²) in [6.07, 6.45) is 0. The minimum atomic E-state index is -3.85. The molecule has 1 heterocycles. The Balaban J connectivity index is 1.66. The van der Waals surface area contributed by atoms with Crippen molar-refractivity contribution in [3.63, 3.8) is 0 Å². The fourth-order valence-electron chi connectivity index (χ4n) is 4.83. The average molecular weight is 526 g/mol. The zero-order valence-electron chi connectivity index (χ0n) is 21.7. The van der Waals surface area contributed by atoms with Crippen LogP contribution in [0.2, 0.25) is 0 Å². The van der Waals surface area contributed by atoms with Gasteiger partial charge in [-0.1, -0.05) is 38.1 Å². The summed E-state index contributed by atoms with van der Waals surface area (Å²) in [5.41, 5.74) is 3.97. The van der Waals surface area contributed by atoms with Crippen LogP contribution in [0.15, 0.2) is 65.6 Å². The van der Waals surface area contributed by atoms with Crippen LogP contribution in [0.1, 0.15) is 50.4 Å². The minimum absolute atomic E-state index is 0.161. The van der Waals surface area contributed by atoms with Crippen molar-refractivity contribution in [2.75, 3.05) is 19.8 Å². The molecule has 4 rings (SSSR count). The molecule has 0 spiro atoms. The van der Waals surface area contributed by atoms with Crippen LogP contribution in [0, 0.1) is 12.7 Å². The Labute approximate surface area is 218 Å². The first-order chi connectivity index (χ1) is 17.4. The number of esters is 1. The second-order valence-electron chi connectivity index (χ2n) is 9.94. The van der Waals surface area contributed by atoms with Crippen LogP contribution in [0.4, 0.5) is 4.39 Å². The lowest BCUT2D eigenvalue weighted by atomic mass is 9.76. The molecule has 3 aromatic rings. The number of rotatable bonds is 7. The lowest BCUT2D eigenvalue weighted by molar-refractivity contribution is -0.145. The van der Waals surface area contributed by atoms with E-state index in [0.29, 0.717) is 17.9 Å². The van der Waals surface area contributed by atoms with Crippen LogP contribution < -0.4 is 4.74 Å². The molecular formula is C29H32FNO5S. The lowest BCUT2D eigenvalue weighted by Gasteiger charge is -2.43. The number of ether oxygens (including phenoxy) is 2. The summed E-state index contributed by atoms with van der Waals surface area (Å²) in [6, 6.07) is 16.6. The maximum Gasteiger partial charge on any atom is 0.344 e. The molecule has 0 aromatic heterocycles. The highest BCUT2D eigenvalue weighted by Crippen LogP contribution is 2.43. The van der Waals surface area contributed by atoms with Gasteiger partial charge in [0.25, 0.3) is 0 Å². The maximum atomic E-state index is 13.9. The highest BCUT2D eigenvalue weighted by molar-refractivity contribution is 7.89. The number of sulfonamides is 1. The number of hydrogen-bond donors (Lipinski definition) is 0. The zero-order valence-corrected chi connectivity index (χ0v) is 22.6. The standard InChI is InChI=1S/C29H32FNO5S/c1-6-35-28(32)17-36-27-14-12-24(15-19(27)2)37(33,34)31-18-29(4,5)26-13-9-22(16-25(26)20(31)3)21-7-10-23(30)11-8-21/h7-16,20H,6,17-18H2,1-5H3. The van der Waals surface area contributed by atoms with Gasteiger partial charge in [0.05, 0.1) is 11.5 Å². The SMILES string of the molecule is CCOC(=O)COc1ccc(S(=O)(=O)N2CC(C)(C)c3ccc(-c4ccc(F)cc4)cc3C2C)cc1C. The first-order valence-electron chi connectivity index (χ1n) is 12.3. The molecule has 0 radical (unpaired) electrons. The average Bonchev–Trinajstić information content (AvgIpc) is 2.85. The van der Waals surface area contributed by atoms with Crippen molar-refractivity contribution in [2.24, 2.45) is 0 Å². The molecule has 0 saturated heterocycles.